The van der Waals surface area contributed by atoms with Crippen molar-refractivity contribution in [3.63, 3.8) is 0 Å². The smallest absolute Gasteiger partial charge is 0.271 e. The summed E-state index contributed by atoms with van der Waals surface area (Å²) in [7, 11) is 0. The number of nitrogens with zero attached hydrogens (tertiary/aromatic N) is 3. The summed E-state index contributed by atoms with van der Waals surface area (Å²) >= 11 is 7.34. The predicted octanol–water partition coefficient (Wildman–Crippen LogP) is 2.76. The molecule has 0 bridgehead atoms. The van der Waals surface area contributed by atoms with Gasteiger partial charge in [0.2, 0.25) is 0 Å². The van der Waals surface area contributed by atoms with Gasteiger partial charge >= 0.3 is 0 Å². The fraction of sp³-hybridized carbons (Fsp3) is 0.158. The van der Waals surface area contributed by atoms with Crippen molar-refractivity contribution in [1.29, 1.82) is 0 Å². The number of benzene rings is 2. The quantitative estimate of drug-likeness (QED) is 0.696. The molecule has 25 heavy (non-hydrogen) atoms. The highest BCUT2D eigenvalue weighted by atomic mass is 35.5. The summed E-state index contributed by atoms with van der Waals surface area (Å²) < 4.78 is 2.42. The van der Waals surface area contributed by atoms with Gasteiger partial charge in [0, 0.05) is 10.7 Å². The Kier molecular flexibility index (Phi) is 4.19. The summed E-state index contributed by atoms with van der Waals surface area (Å²) in [6.45, 7) is 3.14. The summed E-state index contributed by atoms with van der Waals surface area (Å²) in [6, 6.07) is 15.7. The van der Waals surface area contributed by atoms with Crippen LogP contribution in [-0.4, -0.2) is 11.2 Å². The molecule has 0 N–H and O–H groups in total. The second-order valence-corrected chi connectivity index (χ2v) is 7.44. The average Bonchev–Trinajstić information content (AvgIpc) is 2.93. The van der Waals surface area contributed by atoms with E-state index in [4.69, 9.17) is 11.6 Å². The monoisotopic (exact) mass is 369 g/mol. The highest BCUT2D eigenvalue weighted by Crippen LogP contribution is 2.16. The maximum atomic E-state index is 12.7. The third-order valence-electron chi connectivity index (χ3n) is 4.14. The zero-order valence-corrected chi connectivity index (χ0v) is 15.2. The number of halogens is 1. The van der Waals surface area contributed by atoms with Crippen molar-refractivity contribution in [3.05, 3.63) is 84.4 Å². The number of rotatable bonds is 2. The predicted molar refractivity (Wildman–Crippen MR) is 103 cm³/mol. The van der Waals surface area contributed by atoms with E-state index in [1.165, 1.54) is 16.9 Å². The van der Waals surface area contributed by atoms with Crippen LogP contribution in [0.25, 0.3) is 6.08 Å². The molecule has 0 saturated heterocycles. The van der Waals surface area contributed by atoms with Gasteiger partial charge in [-0.25, -0.2) is 4.99 Å². The second-order valence-electron chi connectivity index (χ2n) is 5.99. The minimum absolute atomic E-state index is 0.00416. The Balaban J connectivity index is 1.70. The molecular formula is C19H16ClN3OS. The van der Waals surface area contributed by atoms with Crippen molar-refractivity contribution in [2.24, 2.45) is 4.99 Å². The van der Waals surface area contributed by atoms with Gasteiger partial charge in [0.1, 0.15) is 13.3 Å². The molecule has 2 aromatic carbocycles. The van der Waals surface area contributed by atoms with E-state index < -0.39 is 0 Å². The van der Waals surface area contributed by atoms with E-state index in [9.17, 15) is 4.79 Å². The SMILES string of the molecule is Cc1ccc(N2CN=c3sc(=Cc4ccc(Cl)cc4)c(=O)n3C2)cc1. The molecule has 0 amide bonds. The highest BCUT2D eigenvalue weighted by molar-refractivity contribution is 7.07. The number of fused-ring (bicyclic) bond motifs is 1. The van der Waals surface area contributed by atoms with Crippen molar-refractivity contribution >= 4 is 34.7 Å². The van der Waals surface area contributed by atoms with E-state index in [-0.39, 0.29) is 5.56 Å². The van der Waals surface area contributed by atoms with Gasteiger partial charge in [-0.15, -0.1) is 0 Å². The van der Waals surface area contributed by atoms with Crippen molar-refractivity contribution in [3.8, 4) is 0 Å². The first kappa shape index (κ1) is 16.1. The van der Waals surface area contributed by atoms with Crippen LogP contribution in [0.15, 0.2) is 58.3 Å². The second kappa shape index (κ2) is 6.50. The van der Waals surface area contributed by atoms with E-state index in [1.54, 1.807) is 4.57 Å². The highest BCUT2D eigenvalue weighted by Gasteiger charge is 2.15. The molecule has 0 aliphatic carbocycles. The summed E-state index contributed by atoms with van der Waals surface area (Å²) in [5, 5.41) is 0.683. The van der Waals surface area contributed by atoms with Crippen LogP contribution < -0.4 is 19.8 Å². The van der Waals surface area contributed by atoms with E-state index in [0.29, 0.717) is 22.9 Å². The number of hydrogen-bond acceptors (Lipinski definition) is 4. The molecule has 0 atom stereocenters. The van der Waals surface area contributed by atoms with E-state index in [2.05, 4.69) is 41.1 Å². The Morgan fingerprint density at radius 1 is 1.12 bits per heavy atom. The first-order valence-corrected chi connectivity index (χ1v) is 9.13. The minimum atomic E-state index is -0.00416. The van der Waals surface area contributed by atoms with Gasteiger partial charge in [0.25, 0.3) is 5.56 Å². The molecule has 3 aromatic rings. The molecule has 4 nitrogen and oxygen atoms in total. The van der Waals surface area contributed by atoms with Crippen LogP contribution >= 0.6 is 22.9 Å². The van der Waals surface area contributed by atoms with Crippen molar-refractivity contribution in [2.45, 2.75) is 13.6 Å². The van der Waals surface area contributed by atoms with Gasteiger partial charge in [-0.1, -0.05) is 52.8 Å². The zero-order valence-electron chi connectivity index (χ0n) is 13.6. The third-order valence-corrected chi connectivity index (χ3v) is 5.44. The number of aromatic nitrogens is 1. The van der Waals surface area contributed by atoms with Crippen LogP contribution in [0.5, 0.6) is 0 Å². The Labute approximate surface area is 153 Å². The Morgan fingerprint density at radius 2 is 1.84 bits per heavy atom. The van der Waals surface area contributed by atoms with E-state index in [1.807, 2.05) is 30.3 Å². The molecule has 1 aliphatic rings. The number of thiazole rings is 1. The lowest BCUT2D eigenvalue weighted by Crippen LogP contribution is -2.42. The number of hydrogen-bond donors (Lipinski definition) is 0. The molecular weight excluding hydrogens is 354 g/mol. The van der Waals surface area contributed by atoms with Crippen LogP contribution in [-0.2, 0) is 6.67 Å². The average molecular weight is 370 g/mol. The van der Waals surface area contributed by atoms with Crippen LogP contribution in [0, 0.1) is 6.92 Å². The Hall–Kier alpha value is -2.37. The van der Waals surface area contributed by atoms with E-state index >= 15 is 0 Å². The molecule has 1 aromatic heterocycles. The molecule has 2 heterocycles. The molecule has 6 heteroatoms. The molecule has 0 unspecified atom stereocenters. The molecule has 4 rings (SSSR count). The van der Waals surface area contributed by atoms with Crippen molar-refractivity contribution < 1.29 is 0 Å². The Morgan fingerprint density at radius 3 is 2.56 bits per heavy atom. The fourth-order valence-corrected chi connectivity index (χ4v) is 3.83. The topological polar surface area (TPSA) is 37.6 Å². The fourth-order valence-electron chi connectivity index (χ4n) is 2.74. The van der Waals surface area contributed by atoms with E-state index in [0.717, 1.165) is 16.1 Å². The van der Waals surface area contributed by atoms with Gasteiger partial charge in [0.15, 0.2) is 4.80 Å². The molecule has 1 aliphatic heterocycles. The first-order chi connectivity index (χ1) is 12.1. The lowest BCUT2D eigenvalue weighted by molar-refractivity contribution is 0.569. The molecule has 0 radical (unpaired) electrons. The third kappa shape index (κ3) is 3.25. The first-order valence-electron chi connectivity index (χ1n) is 7.93. The molecule has 0 fully saturated rings. The normalized spacial score (nSPS) is 14.3. The lowest BCUT2D eigenvalue weighted by atomic mass is 10.2. The number of anilines is 1. The summed E-state index contributed by atoms with van der Waals surface area (Å²) in [6.07, 6.45) is 1.89. The zero-order chi connectivity index (χ0) is 17.4. The Bertz CT molecular complexity index is 1080. The molecule has 0 saturated carbocycles. The van der Waals surface area contributed by atoms with Gasteiger partial charge in [-0.2, -0.15) is 0 Å². The van der Waals surface area contributed by atoms with Crippen LogP contribution in [0.4, 0.5) is 5.69 Å². The standard InChI is InChI=1S/C19H16ClN3OS/c1-13-2-8-16(9-3-13)22-11-21-19-23(12-22)18(24)17(25-19)10-14-4-6-15(20)7-5-14/h2-10H,11-12H2,1H3. The maximum Gasteiger partial charge on any atom is 0.271 e. The van der Waals surface area contributed by atoms with Crippen molar-refractivity contribution in [2.75, 3.05) is 11.6 Å². The summed E-state index contributed by atoms with van der Waals surface area (Å²) in [5.41, 5.74) is 3.24. The van der Waals surface area contributed by atoms with Gasteiger partial charge in [-0.3, -0.25) is 9.36 Å². The van der Waals surface area contributed by atoms with Crippen LogP contribution in [0.2, 0.25) is 5.02 Å². The van der Waals surface area contributed by atoms with Crippen molar-refractivity contribution in [1.82, 2.24) is 4.57 Å². The maximum absolute atomic E-state index is 12.7. The van der Waals surface area contributed by atoms with Gasteiger partial charge < -0.3 is 4.90 Å². The molecule has 0 spiro atoms. The molecule has 126 valence electrons. The van der Waals surface area contributed by atoms with Gasteiger partial charge in [-0.05, 0) is 42.8 Å². The van der Waals surface area contributed by atoms with Gasteiger partial charge in [0.05, 0.1) is 4.53 Å². The minimum Gasteiger partial charge on any atom is -0.334 e. The largest absolute Gasteiger partial charge is 0.334 e. The summed E-state index contributed by atoms with van der Waals surface area (Å²) in [5.74, 6) is 0. The summed E-state index contributed by atoms with van der Waals surface area (Å²) in [4.78, 5) is 20.2. The van der Waals surface area contributed by atoms with Crippen LogP contribution in [0.3, 0.4) is 0 Å². The lowest BCUT2D eigenvalue weighted by Gasteiger charge is -2.25. The number of aryl methyl sites for hydroxylation is 1. The van der Waals surface area contributed by atoms with Crippen LogP contribution in [0.1, 0.15) is 11.1 Å².